The predicted molar refractivity (Wildman–Crippen MR) is 175 cm³/mol. The zero-order valence-electron chi connectivity index (χ0n) is 27.0. The lowest BCUT2D eigenvalue weighted by Gasteiger charge is -2.37. The number of aliphatic hydroxyl groups excluding tert-OH is 1. The summed E-state index contributed by atoms with van der Waals surface area (Å²) in [5, 5.41) is 32.1. The zero-order chi connectivity index (χ0) is 34.8. The maximum atomic E-state index is 16.1. The molecule has 1 fully saturated rings. The van der Waals surface area contributed by atoms with Crippen molar-refractivity contribution in [1.82, 2.24) is 30.2 Å². The fraction of sp³-hybridized carbons (Fsp3) is 0.343. The molecule has 2 atom stereocenters. The van der Waals surface area contributed by atoms with Crippen molar-refractivity contribution in [3.05, 3.63) is 114 Å². The first-order valence-corrected chi connectivity index (χ1v) is 15.9. The standard InChI is InChI=1S/C35H36F4N8O2/c1-23(2)17-32(48)31-11-9-28(20-40-31)46-15-13-45(14-16-46)27-7-3-24(4-8-27)25-5-12-33(41-19-25)35(38,39)34(49,21-47-22-42-43-44-47)29-10-6-26(36)18-30(29)37/h3-12,18-20,22-23,32,48-49H,13-17,21H2,1-2H3. The fourth-order valence-electron chi connectivity index (χ4n) is 6.06. The summed E-state index contributed by atoms with van der Waals surface area (Å²) in [6, 6.07) is 16.1. The average Bonchev–Trinajstić information content (AvgIpc) is 3.61. The molecule has 1 aliphatic rings. The number of alkyl halides is 2. The summed E-state index contributed by atoms with van der Waals surface area (Å²) in [5.41, 5.74) is -0.864. The minimum absolute atomic E-state index is 0.375. The molecular weight excluding hydrogens is 640 g/mol. The van der Waals surface area contributed by atoms with Gasteiger partial charge in [-0.3, -0.25) is 9.97 Å². The predicted octanol–water partition coefficient (Wildman–Crippen LogP) is 5.49. The van der Waals surface area contributed by atoms with Gasteiger partial charge >= 0.3 is 5.92 Å². The molecule has 4 heterocycles. The third kappa shape index (κ3) is 7.10. The third-order valence-corrected chi connectivity index (χ3v) is 8.78. The second-order valence-electron chi connectivity index (χ2n) is 12.6. The van der Waals surface area contributed by atoms with Crippen LogP contribution < -0.4 is 9.80 Å². The van der Waals surface area contributed by atoms with Gasteiger partial charge in [-0.2, -0.15) is 8.78 Å². The Morgan fingerprint density at radius 3 is 2.06 bits per heavy atom. The fourth-order valence-corrected chi connectivity index (χ4v) is 6.06. The van der Waals surface area contributed by atoms with Crippen LogP contribution in [0.4, 0.5) is 28.9 Å². The van der Waals surface area contributed by atoms with Crippen LogP contribution in [-0.2, 0) is 18.1 Å². The second kappa shape index (κ2) is 13.9. The summed E-state index contributed by atoms with van der Waals surface area (Å²) >= 11 is 0. The molecule has 3 aromatic heterocycles. The minimum Gasteiger partial charge on any atom is -0.387 e. The number of anilines is 2. The molecule has 0 radical (unpaired) electrons. The van der Waals surface area contributed by atoms with Crippen LogP contribution in [0.2, 0.25) is 0 Å². The van der Waals surface area contributed by atoms with Crippen LogP contribution in [0.3, 0.4) is 0 Å². The Hall–Kier alpha value is -4.95. The van der Waals surface area contributed by atoms with E-state index in [1.165, 1.54) is 12.3 Å². The van der Waals surface area contributed by atoms with E-state index in [1.54, 1.807) is 0 Å². The van der Waals surface area contributed by atoms with Gasteiger partial charge in [-0.05, 0) is 70.8 Å². The Morgan fingerprint density at radius 1 is 0.816 bits per heavy atom. The van der Waals surface area contributed by atoms with Crippen LogP contribution in [0.5, 0.6) is 0 Å². The Bertz CT molecular complexity index is 1830. The molecule has 6 rings (SSSR count). The van der Waals surface area contributed by atoms with E-state index in [4.69, 9.17) is 0 Å². The largest absolute Gasteiger partial charge is 0.387 e. The maximum Gasteiger partial charge on any atom is 0.323 e. The normalized spacial score (nSPS) is 15.8. The van der Waals surface area contributed by atoms with Gasteiger partial charge in [0.1, 0.15) is 23.7 Å². The number of tetrazole rings is 1. The van der Waals surface area contributed by atoms with Gasteiger partial charge < -0.3 is 20.0 Å². The summed E-state index contributed by atoms with van der Waals surface area (Å²) in [5.74, 6) is -6.10. The van der Waals surface area contributed by atoms with E-state index >= 15 is 8.78 Å². The van der Waals surface area contributed by atoms with Crippen molar-refractivity contribution in [3.8, 4) is 11.1 Å². The van der Waals surface area contributed by atoms with Crippen LogP contribution >= 0.6 is 0 Å². The summed E-state index contributed by atoms with van der Waals surface area (Å²) in [7, 11) is 0. The molecule has 0 aliphatic carbocycles. The number of piperazine rings is 1. The Kier molecular flexibility index (Phi) is 9.61. The lowest BCUT2D eigenvalue weighted by Crippen LogP contribution is -2.48. The quantitative estimate of drug-likeness (QED) is 0.175. The van der Waals surface area contributed by atoms with Crippen molar-refractivity contribution in [2.75, 3.05) is 36.0 Å². The Balaban J connectivity index is 1.13. The highest BCUT2D eigenvalue weighted by atomic mass is 19.3. The highest BCUT2D eigenvalue weighted by Crippen LogP contribution is 2.47. The third-order valence-electron chi connectivity index (χ3n) is 8.78. The minimum atomic E-state index is -4.14. The molecule has 2 aromatic carbocycles. The van der Waals surface area contributed by atoms with Crippen molar-refractivity contribution >= 4 is 11.4 Å². The second-order valence-corrected chi connectivity index (χ2v) is 12.6. The molecule has 5 aromatic rings. The first kappa shape index (κ1) is 33.9. The van der Waals surface area contributed by atoms with Crippen molar-refractivity contribution in [1.29, 1.82) is 0 Å². The van der Waals surface area contributed by atoms with Crippen molar-refractivity contribution in [2.24, 2.45) is 5.92 Å². The number of aliphatic hydroxyl groups is 2. The summed E-state index contributed by atoms with van der Waals surface area (Å²) in [6.07, 6.45) is 4.17. The average molecular weight is 677 g/mol. The lowest BCUT2D eigenvalue weighted by atomic mass is 9.84. The van der Waals surface area contributed by atoms with Crippen LogP contribution in [-0.4, -0.2) is 66.6 Å². The van der Waals surface area contributed by atoms with E-state index in [1.807, 2.05) is 42.6 Å². The number of rotatable bonds is 11. The monoisotopic (exact) mass is 676 g/mol. The van der Waals surface area contributed by atoms with Crippen LogP contribution in [0.1, 0.15) is 43.3 Å². The van der Waals surface area contributed by atoms with Gasteiger partial charge in [0, 0.05) is 55.3 Å². The van der Waals surface area contributed by atoms with Crippen molar-refractivity contribution in [2.45, 2.75) is 44.4 Å². The van der Waals surface area contributed by atoms with E-state index in [2.05, 4.69) is 49.1 Å². The first-order valence-electron chi connectivity index (χ1n) is 15.9. The molecule has 14 heteroatoms. The van der Waals surface area contributed by atoms with Gasteiger partial charge in [-0.25, -0.2) is 13.5 Å². The summed E-state index contributed by atoms with van der Waals surface area (Å²) in [4.78, 5) is 13.0. The Morgan fingerprint density at radius 2 is 1.49 bits per heavy atom. The van der Waals surface area contributed by atoms with Gasteiger partial charge in [0.05, 0.1) is 30.2 Å². The number of benzene rings is 2. The molecule has 256 valence electrons. The SMILES string of the molecule is CC(C)CC(O)c1ccc(N2CCN(c3ccc(-c4ccc(C(F)(F)C(O)(Cn5cnnn5)c5ccc(F)cc5F)nc4)cc3)CC2)cn1. The smallest absolute Gasteiger partial charge is 0.323 e. The molecule has 1 aliphatic heterocycles. The number of pyridine rings is 2. The van der Waals surface area contributed by atoms with Crippen LogP contribution in [0, 0.1) is 17.6 Å². The van der Waals surface area contributed by atoms with Gasteiger partial charge in [0.15, 0.2) is 5.60 Å². The van der Waals surface area contributed by atoms with E-state index in [9.17, 15) is 19.0 Å². The van der Waals surface area contributed by atoms with Gasteiger partial charge in [0.2, 0.25) is 0 Å². The van der Waals surface area contributed by atoms with E-state index < -0.39 is 47.1 Å². The molecule has 2 unspecified atom stereocenters. The molecule has 0 bridgehead atoms. The number of hydrogen-bond donors (Lipinski definition) is 2. The molecular formula is C35H36F4N8O2. The van der Waals surface area contributed by atoms with Crippen LogP contribution in [0.15, 0.2) is 85.5 Å². The lowest BCUT2D eigenvalue weighted by molar-refractivity contribution is -0.207. The number of hydrogen-bond acceptors (Lipinski definition) is 9. The molecule has 0 spiro atoms. The van der Waals surface area contributed by atoms with Gasteiger partial charge in [0.25, 0.3) is 0 Å². The highest BCUT2D eigenvalue weighted by Gasteiger charge is 2.58. The molecule has 10 nitrogen and oxygen atoms in total. The topological polar surface area (TPSA) is 116 Å². The van der Waals surface area contributed by atoms with E-state index in [0.29, 0.717) is 29.7 Å². The number of aromatic nitrogens is 6. The van der Waals surface area contributed by atoms with Crippen molar-refractivity contribution in [3.63, 3.8) is 0 Å². The number of nitrogens with zero attached hydrogens (tertiary/aromatic N) is 8. The van der Waals surface area contributed by atoms with Crippen LogP contribution in [0.25, 0.3) is 11.1 Å². The molecule has 2 N–H and O–H groups in total. The number of halogens is 4. The summed E-state index contributed by atoms with van der Waals surface area (Å²) in [6.45, 7) is 6.35. The summed E-state index contributed by atoms with van der Waals surface area (Å²) < 4.78 is 61.5. The van der Waals surface area contributed by atoms with E-state index in [-0.39, 0.29) is 0 Å². The molecule has 0 saturated carbocycles. The van der Waals surface area contributed by atoms with Gasteiger partial charge in [-0.15, -0.1) is 5.10 Å². The van der Waals surface area contributed by atoms with Crippen molar-refractivity contribution < 1.29 is 27.8 Å². The molecule has 1 saturated heterocycles. The van der Waals surface area contributed by atoms with E-state index in [0.717, 1.165) is 72.3 Å². The maximum absolute atomic E-state index is 16.1. The zero-order valence-corrected chi connectivity index (χ0v) is 27.0. The Labute approximate surface area is 280 Å². The molecule has 0 amide bonds. The molecule has 49 heavy (non-hydrogen) atoms. The highest BCUT2D eigenvalue weighted by molar-refractivity contribution is 5.66. The first-order chi connectivity index (χ1) is 23.4. The van der Waals surface area contributed by atoms with Gasteiger partial charge in [-0.1, -0.05) is 32.0 Å².